The van der Waals surface area contributed by atoms with Crippen molar-refractivity contribution in [2.45, 2.75) is 76.4 Å². The van der Waals surface area contributed by atoms with E-state index in [-0.39, 0.29) is 18.4 Å². The molecule has 0 radical (unpaired) electrons. The Labute approximate surface area is 126 Å². The standard InChI is InChI=1S/C16H28N2O3/c1-12(15(20)17-11-16(21)8-5-9-16)18-14(19)10-13-6-3-2-4-7-13/h12-13,21H,2-11H2,1H3,(H,17,20)(H,18,19). The zero-order chi connectivity index (χ0) is 15.3. The highest BCUT2D eigenvalue weighted by Gasteiger charge is 2.35. The van der Waals surface area contributed by atoms with Crippen LogP contribution in [0.2, 0.25) is 0 Å². The molecule has 0 aromatic carbocycles. The zero-order valence-corrected chi connectivity index (χ0v) is 13.0. The fraction of sp³-hybridized carbons (Fsp3) is 0.875. The molecular formula is C16H28N2O3. The van der Waals surface area contributed by atoms with E-state index in [1.54, 1.807) is 6.92 Å². The molecule has 5 heteroatoms. The lowest BCUT2D eigenvalue weighted by molar-refractivity contribution is -0.130. The molecule has 0 bridgehead atoms. The molecule has 2 aliphatic rings. The summed E-state index contributed by atoms with van der Waals surface area (Å²) in [6, 6.07) is -0.537. The molecule has 0 aromatic rings. The third-order valence-corrected chi connectivity index (χ3v) is 4.85. The first-order valence-corrected chi connectivity index (χ1v) is 8.28. The second kappa shape index (κ2) is 7.25. The van der Waals surface area contributed by atoms with Gasteiger partial charge in [-0.2, -0.15) is 0 Å². The molecule has 5 nitrogen and oxygen atoms in total. The fourth-order valence-corrected chi connectivity index (χ4v) is 3.19. The molecular weight excluding hydrogens is 268 g/mol. The maximum absolute atomic E-state index is 12.0. The van der Waals surface area contributed by atoms with Crippen molar-refractivity contribution in [1.82, 2.24) is 10.6 Å². The molecule has 2 aliphatic carbocycles. The summed E-state index contributed by atoms with van der Waals surface area (Å²) in [5, 5.41) is 15.4. The van der Waals surface area contributed by atoms with Gasteiger partial charge in [0.15, 0.2) is 0 Å². The largest absolute Gasteiger partial charge is 0.388 e. The van der Waals surface area contributed by atoms with Gasteiger partial charge in [-0.15, -0.1) is 0 Å². The van der Waals surface area contributed by atoms with Gasteiger partial charge >= 0.3 is 0 Å². The number of hydrogen-bond acceptors (Lipinski definition) is 3. The molecule has 1 atom stereocenters. The Bertz CT molecular complexity index is 374. The Kier molecular flexibility index (Phi) is 5.62. The number of carbonyl (C=O) groups excluding carboxylic acids is 2. The van der Waals surface area contributed by atoms with E-state index in [0.29, 0.717) is 12.3 Å². The van der Waals surface area contributed by atoms with E-state index in [1.807, 2.05) is 0 Å². The highest BCUT2D eigenvalue weighted by Crippen LogP contribution is 2.30. The lowest BCUT2D eigenvalue weighted by Gasteiger charge is -2.36. The second-order valence-electron chi connectivity index (χ2n) is 6.79. The molecule has 0 spiro atoms. The van der Waals surface area contributed by atoms with Gasteiger partial charge in [-0.25, -0.2) is 0 Å². The van der Waals surface area contributed by atoms with Crippen molar-refractivity contribution in [3.05, 3.63) is 0 Å². The molecule has 0 saturated heterocycles. The molecule has 1 unspecified atom stereocenters. The minimum absolute atomic E-state index is 0.0353. The monoisotopic (exact) mass is 296 g/mol. The van der Waals surface area contributed by atoms with Gasteiger partial charge in [-0.05, 0) is 44.9 Å². The summed E-state index contributed by atoms with van der Waals surface area (Å²) in [5.41, 5.74) is -0.721. The molecule has 2 fully saturated rings. The van der Waals surface area contributed by atoms with Crippen LogP contribution in [0.25, 0.3) is 0 Å². The van der Waals surface area contributed by atoms with Crippen LogP contribution in [0.5, 0.6) is 0 Å². The van der Waals surface area contributed by atoms with Crippen molar-refractivity contribution < 1.29 is 14.7 Å². The lowest BCUT2D eigenvalue weighted by Crippen LogP contribution is -2.52. The Hall–Kier alpha value is -1.10. The van der Waals surface area contributed by atoms with E-state index < -0.39 is 11.6 Å². The zero-order valence-electron chi connectivity index (χ0n) is 13.0. The van der Waals surface area contributed by atoms with E-state index in [2.05, 4.69) is 10.6 Å². The molecule has 0 aromatic heterocycles. The number of carbonyl (C=O) groups is 2. The average molecular weight is 296 g/mol. The van der Waals surface area contributed by atoms with Crippen LogP contribution in [0.15, 0.2) is 0 Å². The lowest BCUT2D eigenvalue weighted by atomic mass is 9.80. The second-order valence-corrected chi connectivity index (χ2v) is 6.79. The van der Waals surface area contributed by atoms with Crippen LogP contribution in [0.3, 0.4) is 0 Å². The van der Waals surface area contributed by atoms with E-state index >= 15 is 0 Å². The molecule has 2 saturated carbocycles. The van der Waals surface area contributed by atoms with E-state index in [1.165, 1.54) is 19.3 Å². The van der Waals surface area contributed by atoms with Crippen molar-refractivity contribution >= 4 is 11.8 Å². The number of nitrogens with one attached hydrogen (secondary N) is 2. The molecule has 3 N–H and O–H groups in total. The normalized spacial score (nSPS) is 23.0. The predicted octanol–water partition coefficient (Wildman–Crippen LogP) is 1.49. The van der Waals surface area contributed by atoms with Crippen LogP contribution in [0.1, 0.15) is 64.7 Å². The maximum atomic E-state index is 12.0. The molecule has 2 rings (SSSR count). The van der Waals surface area contributed by atoms with Gasteiger partial charge in [0.05, 0.1) is 5.60 Å². The van der Waals surface area contributed by atoms with Crippen LogP contribution < -0.4 is 10.6 Å². The van der Waals surface area contributed by atoms with Gasteiger partial charge in [-0.3, -0.25) is 9.59 Å². The minimum atomic E-state index is -0.721. The molecule has 2 amide bonds. The summed E-state index contributed by atoms with van der Waals surface area (Å²) in [4.78, 5) is 23.9. The van der Waals surface area contributed by atoms with Crippen molar-refractivity contribution in [3.8, 4) is 0 Å². The SMILES string of the molecule is CC(NC(=O)CC1CCCCC1)C(=O)NCC1(O)CCC1. The van der Waals surface area contributed by atoms with Crippen LogP contribution in [0.4, 0.5) is 0 Å². The Morgan fingerprint density at radius 3 is 2.43 bits per heavy atom. The Morgan fingerprint density at radius 2 is 1.86 bits per heavy atom. The van der Waals surface area contributed by atoms with E-state index in [4.69, 9.17) is 0 Å². The van der Waals surface area contributed by atoms with Crippen molar-refractivity contribution in [3.63, 3.8) is 0 Å². The highest BCUT2D eigenvalue weighted by atomic mass is 16.3. The third-order valence-electron chi connectivity index (χ3n) is 4.85. The number of rotatable bonds is 6. The van der Waals surface area contributed by atoms with Gasteiger partial charge in [0.1, 0.15) is 6.04 Å². The number of amides is 2. The van der Waals surface area contributed by atoms with Gasteiger partial charge in [0.25, 0.3) is 0 Å². The fourth-order valence-electron chi connectivity index (χ4n) is 3.19. The summed E-state index contributed by atoms with van der Waals surface area (Å²) in [6.45, 7) is 1.98. The van der Waals surface area contributed by atoms with Gasteiger partial charge in [-0.1, -0.05) is 19.3 Å². The summed E-state index contributed by atoms with van der Waals surface area (Å²) in [7, 11) is 0. The molecule has 120 valence electrons. The average Bonchev–Trinajstić information content (AvgIpc) is 2.43. The first-order valence-electron chi connectivity index (χ1n) is 8.28. The quantitative estimate of drug-likeness (QED) is 0.695. The number of aliphatic hydroxyl groups is 1. The summed E-state index contributed by atoms with van der Waals surface area (Å²) in [6.07, 6.45) is 8.99. The maximum Gasteiger partial charge on any atom is 0.242 e. The van der Waals surface area contributed by atoms with E-state index in [0.717, 1.165) is 32.1 Å². The smallest absolute Gasteiger partial charge is 0.242 e. The van der Waals surface area contributed by atoms with Crippen LogP contribution in [-0.2, 0) is 9.59 Å². The van der Waals surface area contributed by atoms with Crippen LogP contribution in [0, 0.1) is 5.92 Å². The first kappa shape index (κ1) is 16.3. The van der Waals surface area contributed by atoms with Crippen LogP contribution >= 0.6 is 0 Å². The highest BCUT2D eigenvalue weighted by molar-refractivity contribution is 5.87. The Morgan fingerprint density at radius 1 is 1.19 bits per heavy atom. The third kappa shape index (κ3) is 4.99. The minimum Gasteiger partial charge on any atom is -0.388 e. The van der Waals surface area contributed by atoms with Crippen molar-refractivity contribution in [2.75, 3.05) is 6.54 Å². The number of hydrogen-bond donors (Lipinski definition) is 3. The molecule has 21 heavy (non-hydrogen) atoms. The van der Waals surface area contributed by atoms with E-state index in [9.17, 15) is 14.7 Å². The summed E-state index contributed by atoms with van der Waals surface area (Å²) in [5.74, 6) is 0.226. The van der Waals surface area contributed by atoms with Gasteiger partial charge in [0, 0.05) is 13.0 Å². The molecule has 0 heterocycles. The van der Waals surface area contributed by atoms with Crippen molar-refractivity contribution in [1.29, 1.82) is 0 Å². The van der Waals surface area contributed by atoms with Crippen molar-refractivity contribution in [2.24, 2.45) is 5.92 Å². The molecule has 0 aliphatic heterocycles. The summed E-state index contributed by atoms with van der Waals surface area (Å²) >= 11 is 0. The predicted molar refractivity (Wildman–Crippen MR) is 80.6 cm³/mol. The van der Waals surface area contributed by atoms with Crippen LogP contribution in [-0.4, -0.2) is 35.1 Å². The van der Waals surface area contributed by atoms with Gasteiger partial charge in [0.2, 0.25) is 11.8 Å². The summed E-state index contributed by atoms with van der Waals surface area (Å²) < 4.78 is 0. The Balaban J connectivity index is 1.65. The first-order chi connectivity index (χ1) is 9.98. The van der Waals surface area contributed by atoms with Gasteiger partial charge < -0.3 is 15.7 Å². The topological polar surface area (TPSA) is 78.4 Å².